The molecule has 0 bridgehead atoms. The Morgan fingerprint density at radius 1 is 0.939 bits per heavy atom. The number of likely N-dealkylation sites (tertiary alicyclic amines) is 1. The van der Waals surface area contributed by atoms with E-state index in [0.29, 0.717) is 22.6 Å². The van der Waals surface area contributed by atoms with Crippen molar-refractivity contribution >= 4 is 17.5 Å². The first-order valence-corrected chi connectivity index (χ1v) is 11.7. The van der Waals surface area contributed by atoms with Crippen LogP contribution in [0, 0.1) is 0 Å². The van der Waals surface area contributed by atoms with Crippen LogP contribution >= 0.6 is 11.6 Å². The second kappa shape index (κ2) is 10.4. The van der Waals surface area contributed by atoms with Crippen molar-refractivity contribution < 1.29 is 9.47 Å². The van der Waals surface area contributed by atoms with Crippen LogP contribution in [0.1, 0.15) is 30.1 Å². The van der Waals surface area contributed by atoms with Gasteiger partial charge in [-0.3, -0.25) is 9.88 Å². The van der Waals surface area contributed by atoms with Crippen molar-refractivity contribution in [1.82, 2.24) is 24.8 Å². The Bertz CT molecular complexity index is 1070. The second-order valence-electron chi connectivity index (χ2n) is 8.28. The molecule has 0 radical (unpaired) electrons. The zero-order chi connectivity index (χ0) is 22.5. The van der Waals surface area contributed by atoms with E-state index in [1.54, 1.807) is 12.4 Å². The summed E-state index contributed by atoms with van der Waals surface area (Å²) in [6.07, 6.45) is 7.22. The van der Waals surface area contributed by atoms with Gasteiger partial charge in [-0.15, -0.1) is 0 Å². The summed E-state index contributed by atoms with van der Waals surface area (Å²) in [5.41, 5.74) is 1.95. The van der Waals surface area contributed by atoms with Gasteiger partial charge in [-0.25, -0.2) is 15.0 Å². The number of nitrogens with zero attached hydrogens (tertiary/aromatic N) is 6. The lowest BCUT2D eigenvalue weighted by atomic mass is 9.93. The highest BCUT2D eigenvalue weighted by atomic mass is 35.5. The van der Waals surface area contributed by atoms with Gasteiger partial charge in [0.1, 0.15) is 11.4 Å². The lowest BCUT2D eigenvalue weighted by molar-refractivity contribution is 0.122. The second-order valence-corrected chi connectivity index (χ2v) is 8.68. The number of hydrogen-bond donors (Lipinski definition) is 0. The number of rotatable bonds is 6. The van der Waals surface area contributed by atoms with Gasteiger partial charge in [0.05, 0.1) is 23.9 Å². The van der Waals surface area contributed by atoms with Crippen molar-refractivity contribution in [2.75, 3.05) is 44.3 Å². The minimum atomic E-state index is 0.293. The molecule has 2 fully saturated rings. The number of hydrogen-bond acceptors (Lipinski definition) is 8. The molecule has 0 saturated carbocycles. The first-order chi connectivity index (χ1) is 16.3. The zero-order valence-electron chi connectivity index (χ0n) is 18.4. The fraction of sp³-hybridized carbons (Fsp3) is 0.417. The fourth-order valence-electron chi connectivity index (χ4n) is 4.31. The van der Waals surface area contributed by atoms with Crippen LogP contribution in [0.2, 0.25) is 5.02 Å². The fourth-order valence-corrected chi connectivity index (χ4v) is 4.48. The number of benzene rings is 1. The van der Waals surface area contributed by atoms with Crippen molar-refractivity contribution in [3.05, 3.63) is 65.3 Å². The van der Waals surface area contributed by atoms with Gasteiger partial charge in [-0.05, 0) is 44.1 Å². The van der Waals surface area contributed by atoms with Gasteiger partial charge in [-0.2, -0.15) is 0 Å². The molecule has 0 spiro atoms. The summed E-state index contributed by atoms with van der Waals surface area (Å²) in [5, 5.41) is 0.560. The van der Waals surface area contributed by atoms with E-state index in [-0.39, 0.29) is 0 Å². The summed E-state index contributed by atoms with van der Waals surface area (Å²) in [4.78, 5) is 22.9. The molecule has 2 aliphatic rings. The molecule has 1 aromatic carbocycles. The van der Waals surface area contributed by atoms with Crippen molar-refractivity contribution in [1.29, 1.82) is 0 Å². The largest absolute Gasteiger partial charge is 0.436 e. The smallest absolute Gasteiger partial charge is 0.241 e. The van der Waals surface area contributed by atoms with Crippen LogP contribution in [-0.4, -0.2) is 64.2 Å². The van der Waals surface area contributed by atoms with E-state index in [1.807, 2.05) is 36.5 Å². The van der Waals surface area contributed by atoms with E-state index in [1.165, 1.54) is 0 Å². The lowest BCUT2D eigenvalue weighted by Crippen LogP contribution is -2.37. The molecule has 33 heavy (non-hydrogen) atoms. The summed E-state index contributed by atoms with van der Waals surface area (Å²) in [6, 6.07) is 9.44. The highest BCUT2D eigenvalue weighted by Gasteiger charge is 2.26. The maximum absolute atomic E-state index is 6.27. The normalized spacial score (nSPS) is 17.8. The molecule has 0 atom stereocenters. The number of ether oxygens (including phenoxy) is 2. The number of morpholine rings is 1. The van der Waals surface area contributed by atoms with Crippen LogP contribution < -0.4 is 9.64 Å². The first-order valence-electron chi connectivity index (χ1n) is 11.4. The summed E-state index contributed by atoms with van der Waals surface area (Å²) in [7, 11) is 0. The topological polar surface area (TPSA) is 76.5 Å². The van der Waals surface area contributed by atoms with Gasteiger partial charge in [-0.1, -0.05) is 23.7 Å². The van der Waals surface area contributed by atoms with Crippen molar-refractivity contribution in [2.24, 2.45) is 0 Å². The number of para-hydroxylation sites is 1. The third-order valence-corrected chi connectivity index (χ3v) is 6.40. The summed E-state index contributed by atoms with van der Waals surface area (Å²) in [6.45, 7) is 5.87. The van der Waals surface area contributed by atoms with Crippen molar-refractivity contribution in [3.8, 4) is 11.6 Å². The Kier molecular flexibility index (Phi) is 6.95. The van der Waals surface area contributed by atoms with Crippen LogP contribution in [0.5, 0.6) is 11.6 Å². The average molecular weight is 467 g/mol. The van der Waals surface area contributed by atoms with Gasteiger partial charge in [0.15, 0.2) is 0 Å². The Morgan fingerprint density at radius 3 is 2.55 bits per heavy atom. The predicted molar refractivity (Wildman–Crippen MR) is 126 cm³/mol. The predicted octanol–water partition coefficient (Wildman–Crippen LogP) is 3.93. The standard InChI is InChI=1S/C24H27ClN6O2/c25-20-3-1-2-4-21(20)33-23-22(26-9-10-27-23)18-6-11-30(12-7-18)17-19-5-8-28-24(29-19)31-13-15-32-16-14-31/h1-5,8-10,18H,6-7,11-17H2. The average Bonchev–Trinajstić information content (AvgIpc) is 2.87. The van der Waals surface area contributed by atoms with Gasteiger partial charge < -0.3 is 14.4 Å². The van der Waals surface area contributed by atoms with Crippen LogP contribution in [-0.2, 0) is 11.3 Å². The number of piperidine rings is 1. The number of anilines is 1. The van der Waals surface area contributed by atoms with Gasteiger partial charge in [0.2, 0.25) is 11.8 Å². The molecule has 2 saturated heterocycles. The molecule has 8 nitrogen and oxygen atoms in total. The maximum atomic E-state index is 6.27. The maximum Gasteiger partial charge on any atom is 0.241 e. The Labute approximate surface area is 198 Å². The molecule has 5 rings (SSSR count). The summed E-state index contributed by atoms with van der Waals surface area (Å²) < 4.78 is 11.5. The van der Waals surface area contributed by atoms with Crippen LogP contribution in [0.3, 0.4) is 0 Å². The van der Waals surface area contributed by atoms with E-state index >= 15 is 0 Å². The molecule has 172 valence electrons. The van der Waals surface area contributed by atoms with Crippen molar-refractivity contribution in [2.45, 2.75) is 25.3 Å². The molecule has 2 aromatic heterocycles. The Hall–Kier alpha value is -2.81. The molecule has 0 amide bonds. The first kappa shape index (κ1) is 22.0. The minimum absolute atomic E-state index is 0.293. The Balaban J connectivity index is 1.21. The molecule has 0 aliphatic carbocycles. The SMILES string of the molecule is Clc1ccccc1Oc1nccnc1C1CCN(Cc2ccnc(N3CCOCC3)n2)CC1. The molecule has 9 heteroatoms. The number of halogens is 1. The van der Waals surface area contributed by atoms with Crippen molar-refractivity contribution in [3.63, 3.8) is 0 Å². The third-order valence-electron chi connectivity index (χ3n) is 6.09. The molecular formula is C24H27ClN6O2. The quantitative estimate of drug-likeness (QED) is 0.541. The molecule has 0 unspecified atom stereocenters. The third kappa shape index (κ3) is 5.40. The van der Waals surface area contributed by atoms with E-state index in [0.717, 1.165) is 76.1 Å². The van der Waals surface area contributed by atoms with Crippen LogP contribution in [0.4, 0.5) is 5.95 Å². The van der Waals surface area contributed by atoms with Gasteiger partial charge in [0, 0.05) is 44.1 Å². The van der Waals surface area contributed by atoms with Gasteiger partial charge in [0.25, 0.3) is 0 Å². The minimum Gasteiger partial charge on any atom is -0.436 e. The monoisotopic (exact) mass is 466 g/mol. The summed E-state index contributed by atoms with van der Waals surface area (Å²) in [5.74, 6) is 2.22. The van der Waals surface area contributed by atoms with E-state index < -0.39 is 0 Å². The van der Waals surface area contributed by atoms with E-state index in [9.17, 15) is 0 Å². The molecular weight excluding hydrogens is 440 g/mol. The molecule has 4 heterocycles. The molecule has 0 N–H and O–H groups in total. The van der Waals surface area contributed by atoms with E-state index in [2.05, 4.69) is 24.8 Å². The lowest BCUT2D eigenvalue weighted by Gasteiger charge is -2.32. The zero-order valence-corrected chi connectivity index (χ0v) is 19.2. The number of aromatic nitrogens is 4. The highest BCUT2D eigenvalue weighted by molar-refractivity contribution is 6.32. The molecule has 3 aromatic rings. The van der Waals surface area contributed by atoms with Crippen LogP contribution in [0.15, 0.2) is 48.9 Å². The summed E-state index contributed by atoms with van der Waals surface area (Å²) >= 11 is 6.27. The molecule has 2 aliphatic heterocycles. The van der Waals surface area contributed by atoms with Gasteiger partial charge >= 0.3 is 0 Å². The van der Waals surface area contributed by atoms with Crippen LogP contribution in [0.25, 0.3) is 0 Å². The van der Waals surface area contributed by atoms with E-state index in [4.69, 9.17) is 26.1 Å². The Morgan fingerprint density at radius 2 is 1.73 bits per heavy atom. The highest BCUT2D eigenvalue weighted by Crippen LogP contribution is 2.35.